The zero-order valence-corrected chi connectivity index (χ0v) is 32.0. The maximum absolute atomic E-state index is 14.0. The fourth-order valence-corrected chi connectivity index (χ4v) is 9.75. The highest BCUT2D eigenvalue weighted by atomic mass is 32.1. The average molecular weight is 751 g/mol. The molecule has 0 unspecified atom stereocenters. The first-order chi connectivity index (χ1) is 26.0. The van der Waals surface area contributed by atoms with Crippen LogP contribution >= 0.6 is 11.3 Å². The molecule has 6 heterocycles. The molecule has 14 heteroatoms. The van der Waals surface area contributed by atoms with Crippen molar-refractivity contribution in [3.8, 4) is 11.3 Å². The van der Waals surface area contributed by atoms with Crippen LogP contribution in [0.3, 0.4) is 0 Å². The van der Waals surface area contributed by atoms with Gasteiger partial charge in [0.25, 0.3) is 11.5 Å². The Kier molecular flexibility index (Phi) is 9.41. The summed E-state index contributed by atoms with van der Waals surface area (Å²) >= 11 is 1.60. The normalized spacial score (nSPS) is 19.6. The average Bonchev–Trinajstić information content (AvgIpc) is 3.66. The molecule has 3 aromatic heterocycles. The zero-order chi connectivity index (χ0) is 37.9. The van der Waals surface area contributed by atoms with Crippen molar-refractivity contribution in [2.75, 3.05) is 59.8 Å². The molecular formula is C40H46N8O5S. The third-order valence-corrected chi connectivity index (χ3v) is 13.0. The van der Waals surface area contributed by atoms with Crippen LogP contribution in [0.2, 0.25) is 0 Å². The molecule has 0 saturated carbocycles. The van der Waals surface area contributed by atoms with Crippen molar-refractivity contribution in [1.82, 2.24) is 19.4 Å². The van der Waals surface area contributed by atoms with E-state index in [1.165, 1.54) is 21.1 Å². The van der Waals surface area contributed by atoms with Crippen molar-refractivity contribution >= 4 is 51.8 Å². The third-order valence-electron chi connectivity index (χ3n) is 11.4. The van der Waals surface area contributed by atoms with Gasteiger partial charge in [-0.05, 0) is 73.1 Å². The summed E-state index contributed by atoms with van der Waals surface area (Å²) in [6.45, 7) is 14.4. The van der Waals surface area contributed by atoms with Crippen LogP contribution in [0.4, 0.5) is 28.7 Å². The Bertz CT molecular complexity index is 2230. The fraction of sp³-hybridized carbons (Fsp3) is 0.425. The van der Waals surface area contributed by atoms with Gasteiger partial charge in [-0.3, -0.25) is 24.2 Å². The molecule has 282 valence electrons. The second-order valence-electron chi connectivity index (χ2n) is 15.3. The molecule has 2 amide bonds. The molecule has 1 aromatic carbocycles. The van der Waals surface area contributed by atoms with E-state index in [9.17, 15) is 19.5 Å². The van der Waals surface area contributed by atoms with Crippen LogP contribution < -0.4 is 26.0 Å². The van der Waals surface area contributed by atoms with Crippen LogP contribution in [0.5, 0.6) is 0 Å². The molecule has 1 atom stereocenters. The van der Waals surface area contributed by atoms with E-state index in [0.717, 1.165) is 68.2 Å². The number of benzene rings is 1. The highest BCUT2D eigenvalue weighted by Crippen LogP contribution is 2.48. The van der Waals surface area contributed by atoms with E-state index >= 15 is 0 Å². The number of nitrogens with one attached hydrogen (secondary N) is 2. The second kappa shape index (κ2) is 14.1. The molecule has 4 aromatic rings. The highest BCUT2D eigenvalue weighted by Gasteiger charge is 2.40. The molecule has 2 saturated heterocycles. The number of carbonyl (C=O) groups is 2. The number of anilines is 5. The first-order valence-electron chi connectivity index (χ1n) is 18.5. The van der Waals surface area contributed by atoms with Gasteiger partial charge in [0.2, 0.25) is 5.91 Å². The molecular weight excluding hydrogens is 705 g/mol. The number of hydrogen-bond donors (Lipinski definition) is 3. The van der Waals surface area contributed by atoms with Crippen LogP contribution in [0.15, 0.2) is 54.1 Å². The van der Waals surface area contributed by atoms with Crippen LogP contribution in [0.1, 0.15) is 58.4 Å². The van der Waals surface area contributed by atoms with E-state index in [1.807, 2.05) is 12.1 Å². The number of hydrogen-bond acceptors (Lipinski definition) is 11. The zero-order valence-electron chi connectivity index (χ0n) is 31.1. The lowest BCUT2D eigenvalue weighted by molar-refractivity contribution is -0.111. The highest BCUT2D eigenvalue weighted by molar-refractivity contribution is 7.14. The Morgan fingerprint density at radius 3 is 2.69 bits per heavy atom. The van der Waals surface area contributed by atoms with Gasteiger partial charge in [-0.15, -0.1) is 11.3 Å². The number of aryl methyl sites for hydroxylation is 1. The Morgan fingerprint density at radius 2 is 1.96 bits per heavy atom. The summed E-state index contributed by atoms with van der Waals surface area (Å²) in [6.07, 6.45) is 7.27. The molecule has 0 radical (unpaired) electrons. The lowest BCUT2D eigenvalue weighted by Gasteiger charge is -2.46. The number of thiophene rings is 1. The fourth-order valence-electron chi connectivity index (χ4n) is 8.27. The number of fused-ring (bicyclic) bond motifs is 3. The Labute approximate surface area is 318 Å². The van der Waals surface area contributed by atoms with Gasteiger partial charge in [0.05, 0.1) is 47.8 Å². The molecule has 13 nitrogen and oxygen atoms in total. The van der Waals surface area contributed by atoms with E-state index in [-0.39, 0.29) is 41.3 Å². The SMILES string of the molecule is C=CC(=O)Nc1cc(Nc2nc(-c3ccnc(N4CCc5c(sc6c5CCC6(C)C)C4=O)c3CO)cn(C)c2=O)ccc1N1CCN(C2COC2)C[C@@H]1C. The van der Waals surface area contributed by atoms with Gasteiger partial charge in [-0.25, -0.2) is 9.97 Å². The number of aliphatic hydroxyl groups is 1. The maximum Gasteiger partial charge on any atom is 0.293 e. The minimum atomic E-state index is -0.384. The number of nitrogens with zero attached hydrogens (tertiary/aromatic N) is 6. The predicted molar refractivity (Wildman–Crippen MR) is 211 cm³/mol. The van der Waals surface area contributed by atoms with E-state index in [4.69, 9.17) is 9.72 Å². The summed E-state index contributed by atoms with van der Waals surface area (Å²) in [5.74, 6) is -0.000541. The van der Waals surface area contributed by atoms with Crippen molar-refractivity contribution in [1.29, 1.82) is 0 Å². The van der Waals surface area contributed by atoms with Crippen LogP contribution in [-0.2, 0) is 41.4 Å². The Hall–Kier alpha value is -4.89. The van der Waals surface area contributed by atoms with Crippen LogP contribution in [0.25, 0.3) is 11.3 Å². The molecule has 0 spiro atoms. The number of aromatic nitrogens is 3. The number of carbonyl (C=O) groups excluding carboxylic acids is 2. The molecule has 0 bridgehead atoms. The number of aliphatic hydroxyl groups excluding tert-OH is 1. The summed E-state index contributed by atoms with van der Waals surface area (Å²) in [4.78, 5) is 57.9. The van der Waals surface area contributed by atoms with Crippen LogP contribution in [-0.4, -0.2) is 87.8 Å². The van der Waals surface area contributed by atoms with E-state index in [0.29, 0.717) is 46.6 Å². The van der Waals surface area contributed by atoms with Crippen molar-refractivity contribution in [2.45, 2.75) is 64.1 Å². The van der Waals surface area contributed by atoms with E-state index in [2.05, 4.69) is 52.8 Å². The first-order valence-corrected chi connectivity index (χ1v) is 19.4. The summed E-state index contributed by atoms with van der Waals surface area (Å²) < 4.78 is 6.85. The standard InChI is InChI=1S/C40H46N8O5S/c1-6-33(50)43-30-17-24(7-8-32(30)47-16-15-46(18-23(47)2)25-21-53-22-25)42-36-39(52)45(5)19-31(44-36)26-10-13-41-37(29(26)20-49)48-14-11-27-28-9-12-40(3,4)35(28)54-34(27)38(48)51/h6-8,10,13,17,19,23,25,49H,1,9,11-12,14-16,18,20-22H2,2-5H3,(H,42,44)(H,43,50)/t23-/m0/s1. The minimum Gasteiger partial charge on any atom is -0.392 e. The summed E-state index contributed by atoms with van der Waals surface area (Å²) in [5.41, 5.74) is 5.64. The smallest absolute Gasteiger partial charge is 0.293 e. The van der Waals surface area contributed by atoms with Crippen LogP contribution in [0, 0.1) is 0 Å². The number of piperazine rings is 1. The lowest BCUT2D eigenvalue weighted by Crippen LogP contribution is -2.59. The summed E-state index contributed by atoms with van der Waals surface area (Å²) in [5, 5.41) is 16.9. The summed E-state index contributed by atoms with van der Waals surface area (Å²) in [7, 11) is 1.64. The molecule has 2 fully saturated rings. The maximum atomic E-state index is 14.0. The third kappa shape index (κ3) is 6.30. The topological polar surface area (TPSA) is 145 Å². The minimum absolute atomic E-state index is 0.0559. The first kappa shape index (κ1) is 36.1. The van der Waals surface area contributed by atoms with Gasteiger partial charge >= 0.3 is 0 Å². The molecule has 54 heavy (non-hydrogen) atoms. The number of ether oxygens (including phenoxy) is 1. The van der Waals surface area contributed by atoms with Gasteiger partial charge in [0.15, 0.2) is 5.82 Å². The molecule has 4 aliphatic rings. The van der Waals surface area contributed by atoms with Crippen molar-refractivity contribution in [2.24, 2.45) is 7.05 Å². The lowest BCUT2D eigenvalue weighted by atomic mass is 9.93. The van der Waals surface area contributed by atoms with Crippen molar-refractivity contribution in [3.05, 3.63) is 86.1 Å². The van der Waals surface area contributed by atoms with E-state index in [1.54, 1.807) is 47.8 Å². The Balaban J connectivity index is 1.09. The number of pyridine rings is 1. The van der Waals surface area contributed by atoms with Gasteiger partial charge in [0.1, 0.15) is 5.82 Å². The quantitative estimate of drug-likeness (QED) is 0.208. The Morgan fingerprint density at radius 1 is 1.15 bits per heavy atom. The molecule has 1 aliphatic carbocycles. The van der Waals surface area contributed by atoms with E-state index < -0.39 is 0 Å². The largest absolute Gasteiger partial charge is 0.392 e. The predicted octanol–water partition coefficient (Wildman–Crippen LogP) is 4.60. The monoisotopic (exact) mass is 750 g/mol. The van der Waals surface area contributed by atoms with Gasteiger partial charge in [-0.2, -0.15) is 0 Å². The second-order valence-corrected chi connectivity index (χ2v) is 16.3. The van der Waals surface area contributed by atoms with Crippen molar-refractivity contribution < 1.29 is 19.4 Å². The van der Waals surface area contributed by atoms with Gasteiger partial charge < -0.3 is 29.9 Å². The molecule has 3 N–H and O–H groups in total. The molecule has 3 aliphatic heterocycles. The number of rotatable bonds is 9. The number of amides is 2. The van der Waals surface area contributed by atoms with Gasteiger partial charge in [-0.1, -0.05) is 20.4 Å². The van der Waals surface area contributed by atoms with Gasteiger partial charge in [0, 0.05) is 73.4 Å². The summed E-state index contributed by atoms with van der Waals surface area (Å²) in [6, 6.07) is 7.99. The molecule has 8 rings (SSSR count). The van der Waals surface area contributed by atoms with Crippen molar-refractivity contribution in [3.63, 3.8) is 0 Å².